The van der Waals surface area contributed by atoms with E-state index in [1.807, 2.05) is 0 Å². The van der Waals surface area contributed by atoms with Crippen LogP contribution < -0.4 is 10.1 Å². The van der Waals surface area contributed by atoms with Gasteiger partial charge in [-0.15, -0.1) is 11.3 Å². The summed E-state index contributed by atoms with van der Waals surface area (Å²) in [5.41, 5.74) is 1.03. The highest BCUT2D eigenvalue weighted by atomic mass is 32.1. The van der Waals surface area contributed by atoms with Gasteiger partial charge in [-0.1, -0.05) is 0 Å². The lowest BCUT2D eigenvalue weighted by molar-refractivity contribution is 0.106. The first-order valence-electron chi connectivity index (χ1n) is 7.42. The summed E-state index contributed by atoms with van der Waals surface area (Å²) in [6, 6.07) is 5.76. The Bertz CT molecular complexity index is 598. The first-order chi connectivity index (χ1) is 10.7. The summed E-state index contributed by atoms with van der Waals surface area (Å²) in [4.78, 5) is 4.58. The molecule has 1 aliphatic carbocycles. The van der Waals surface area contributed by atoms with Gasteiger partial charge in [0.15, 0.2) is 0 Å². The van der Waals surface area contributed by atoms with Gasteiger partial charge in [0.05, 0.1) is 10.7 Å². The molecule has 0 amide bonds. The van der Waals surface area contributed by atoms with Crippen molar-refractivity contribution in [2.24, 2.45) is 0 Å². The zero-order chi connectivity index (χ0) is 15.4. The third-order valence-corrected chi connectivity index (χ3v) is 4.49. The number of aliphatic hydroxyl groups is 1. The Balaban J connectivity index is 1.34. The molecule has 0 saturated heterocycles. The zero-order valence-electron chi connectivity index (χ0n) is 12.2. The van der Waals surface area contributed by atoms with E-state index in [1.165, 1.54) is 30.0 Å². The van der Waals surface area contributed by atoms with Crippen molar-refractivity contribution in [1.82, 2.24) is 10.3 Å². The summed E-state index contributed by atoms with van der Waals surface area (Å²) < 4.78 is 18.1. The van der Waals surface area contributed by atoms with E-state index >= 15 is 0 Å². The fraction of sp³-hybridized carbons (Fsp3) is 0.438. The maximum absolute atomic E-state index is 12.7. The van der Waals surface area contributed by atoms with Gasteiger partial charge in [-0.05, 0) is 37.1 Å². The predicted octanol–water partition coefficient (Wildman–Crippen LogP) is 2.69. The number of hydrogen-bond acceptors (Lipinski definition) is 5. The average molecular weight is 322 g/mol. The highest BCUT2D eigenvalue weighted by molar-refractivity contribution is 7.09. The second-order valence-corrected chi connectivity index (χ2v) is 6.39. The van der Waals surface area contributed by atoms with E-state index in [-0.39, 0.29) is 12.4 Å². The van der Waals surface area contributed by atoms with Crippen LogP contribution in [0.5, 0.6) is 5.75 Å². The van der Waals surface area contributed by atoms with Crippen LogP contribution in [-0.4, -0.2) is 29.3 Å². The molecule has 1 aromatic carbocycles. The van der Waals surface area contributed by atoms with E-state index in [9.17, 15) is 9.50 Å². The predicted molar refractivity (Wildman–Crippen MR) is 83.7 cm³/mol. The number of nitrogens with zero attached hydrogens (tertiary/aromatic N) is 1. The van der Waals surface area contributed by atoms with Gasteiger partial charge in [0.2, 0.25) is 0 Å². The molecule has 118 valence electrons. The maximum Gasteiger partial charge on any atom is 0.123 e. The smallest absolute Gasteiger partial charge is 0.123 e. The number of thiazole rings is 1. The van der Waals surface area contributed by atoms with Crippen LogP contribution in [0, 0.1) is 5.82 Å². The van der Waals surface area contributed by atoms with E-state index in [0.29, 0.717) is 24.8 Å². The van der Waals surface area contributed by atoms with E-state index in [2.05, 4.69) is 15.7 Å². The molecule has 1 unspecified atom stereocenters. The topological polar surface area (TPSA) is 54.4 Å². The van der Waals surface area contributed by atoms with Crippen molar-refractivity contribution in [1.29, 1.82) is 0 Å². The molecule has 1 aliphatic rings. The molecule has 0 aliphatic heterocycles. The van der Waals surface area contributed by atoms with Gasteiger partial charge in [-0.2, -0.15) is 0 Å². The SMILES string of the molecule is OC(CNCc1csc(C2CC2)n1)COc1ccc(F)cc1. The van der Waals surface area contributed by atoms with E-state index in [4.69, 9.17) is 4.74 Å². The Morgan fingerprint density at radius 1 is 1.36 bits per heavy atom. The molecule has 1 aromatic heterocycles. The molecule has 2 aromatic rings. The largest absolute Gasteiger partial charge is 0.491 e. The highest BCUT2D eigenvalue weighted by Gasteiger charge is 2.26. The molecular weight excluding hydrogens is 303 g/mol. The van der Waals surface area contributed by atoms with Crippen molar-refractivity contribution in [3.8, 4) is 5.75 Å². The van der Waals surface area contributed by atoms with Crippen molar-refractivity contribution in [3.05, 3.63) is 46.2 Å². The minimum Gasteiger partial charge on any atom is -0.491 e. The van der Waals surface area contributed by atoms with Crippen LogP contribution in [0.2, 0.25) is 0 Å². The summed E-state index contributed by atoms with van der Waals surface area (Å²) in [6.45, 7) is 1.25. The highest BCUT2D eigenvalue weighted by Crippen LogP contribution is 2.41. The molecule has 0 bridgehead atoms. The van der Waals surface area contributed by atoms with Crippen LogP contribution in [0.15, 0.2) is 29.6 Å². The number of rotatable bonds is 8. The van der Waals surface area contributed by atoms with Crippen molar-refractivity contribution < 1.29 is 14.2 Å². The Labute approximate surface area is 133 Å². The Hall–Kier alpha value is -1.50. The quantitative estimate of drug-likeness (QED) is 0.784. The van der Waals surface area contributed by atoms with Gasteiger partial charge < -0.3 is 15.2 Å². The summed E-state index contributed by atoms with van der Waals surface area (Å²) in [7, 11) is 0. The molecule has 1 heterocycles. The third kappa shape index (κ3) is 4.50. The number of ether oxygens (including phenoxy) is 1. The van der Waals surface area contributed by atoms with E-state index in [1.54, 1.807) is 23.5 Å². The minimum atomic E-state index is -0.619. The van der Waals surface area contributed by atoms with Gasteiger partial charge in [0, 0.05) is 24.4 Å². The fourth-order valence-corrected chi connectivity index (χ4v) is 3.06. The minimum absolute atomic E-state index is 0.170. The molecule has 4 nitrogen and oxygen atoms in total. The van der Waals surface area contributed by atoms with E-state index < -0.39 is 6.10 Å². The third-order valence-electron chi connectivity index (χ3n) is 3.44. The number of hydrogen-bond donors (Lipinski definition) is 2. The second-order valence-electron chi connectivity index (χ2n) is 5.50. The van der Waals surface area contributed by atoms with Crippen LogP contribution in [0.4, 0.5) is 4.39 Å². The monoisotopic (exact) mass is 322 g/mol. The molecule has 6 heteroatoms. The Morgan fingerprint density at radius 2 is 2.14 bits per heavy atom. The lowest BCUT2D eigenvalue weighted by Gasteiger charge is -2.12. The first kappa shape index (κ1) is 15.4. The molecule has 3 rings (SSSR count). The van der Waals surface area contributed by atoms with Crippen LogP contribution in [0.3, 0.4) is 0 Å². The average Bonchev–Trinajstić information content (AvgIpc) is 3.26. The summed E-state index contributed by atoms with van der Waals surface area (Å²) in [5, 5.41) is 16.3. The first-order valence-corrected chi connectivity index (χ1v) is 8.30. The van der Waals surface area contributed by atoms with Gasteiger partial charge in [0.25, 0.3) is 0 Å². The number of aliphatic hydroxyl groups excluding tert-OH is 1. The van der Waals surface area contributed by atoms with Gasteiger partial charge in [-0.3, -0.25) is 0 Å². The normalized spacial score (nSPS) is 15.7. The fourth-order valence-electron chi connectivity index (χ4n) is 2.07. The van der Waals surface area contributed by atoms with Crippen molar-refractivity contribution in [2.75, 3.05) is 13.2 Å². The molecule has 1 fully saturated rings. The number of aromatic nitrogens is 1. The number of halogens is 1. The van der Waals surface area contributed by atoms with Crippen LogP contribution in [0.25, 0.3) is 0 Å². The number of benzene rings is 1. The summed E-state index contributed by atoms with van der Waals surface area (Å²) in [5.74, 6) is 0.936. The van der Waals surface area contributed by atoms with Crippen LogP contribution >= 0.6 is 11.3 Å². The van der Waals surface area contributed by atoms with Crippen molar-refractivity contribution in [3.63, 3.8) is 0 Å². The molecule has 0 radical (unpaired) electrons. The molecule has 2 N–H and O–H groups in total. The lowest BCUT2D eigenvalue weighted by atomic mass is 10.3. The van der Waals surface area contributed by atoms with Crippen LogP contribution in [0.1, 0.15) is 29.5 Å². The van der Waals surface area contributed by atoms with Gasteiger partial charge >= 0.3 is 0 Å². The van der Waals surface area contributed by atoms with Crippen molar-refractivity contribution >= 4 is 11.3 Å². The second kappa shape index (κ2) is 7.17. The molecule has 0 spiro atoms. The zero-order valence-corrected chi connectivity index (χ0v) is 13.0. The molecule has 1 atom stereocenters. The van der Waals surface area contributed by atoms with Gasteiger partial charge in [-0.25, -0.2) is 9.37 Å². The number of nitrogens with one attached hydrogen (secondary N) is 1. The van der Waals surface area contributed by atoms with Crippen molar-refractivity contribution in [2.45, 2.75) is 31.4 Å². The summed E-state index contributed by atoms with van der Waals surface area (Å²) >= 11 is 1.72. The Kier molecular flexibility index (Phi) is 5.02. The summed E-state index contributed by atoms with van der Waals surface area (Å²) in [6.07, 6.45) is 1.91. The molecule has 1 saturated carbocycles. The van der Waals surface area contributed by atoms with E-state index in [0.717, 1.165) is 5.69 Å². The molecular formula is C16H19FN2O2S. The van der Waals surface area contributed by atoms with Crippen LogP contribution in [-0.2, 0) is 6.54 Å². The Morgan fingerprint density at radius 3 is 2.86 bits per heavy atom. The maximum atomic E-state index is 12.7. The lowest BCUT2D eigenvalue weighted by Crippen LogP contribution is -2.31. The standard InChI is InChI=1S/C16H19FN2O2S/c17-12-3-5-15(6-4-12)21-9-14(20)8-18-7-13-10-22-16(19-13)11-1-2-11/h3-6,10-11,14,18,20H,1-2,7-9H2. The molecule has 22 heavy (non-hydrogen) atoms. The van der Waals surface area contributed by atoms with Gasteiger partial charge in [0.1, 0.15) is 24.3 Å².